The molecule has 0 radical (unpaired) electrons. The molecule has 1 fully saturated rings. The van der Waals surface area contributed by atoms with Crippen LogP contribution in [0.5, 0.6) is 17.2 Å². The van der Waals surface area contributed by atoms with Crippen LogP contribution in [-0.4, -0.2) is 38.7 Å². The van der Waals surface area contributed by atoms with Crippen molar-refractivity contribution in [1.29, 1.82) is 0 Å². The summed E-state index contributed by atoms with van der Waals surface area (Å²) in [6.45, 7) is 2.59. The minimum absolute atomic E-state index is 0.0565. The summed E-state index contributed by atoms with van der Waals surface area (Å²) >= 11 is 0. The minimum Gasteiger partial charge on any atom is -0.496 e. The van der Waals surface area contributed by atoms with Crippen LogP contribution in [-0.2, 0) is 0 Å². The molecule has 6 nitrogen and oxygen atoms in total. The minimum atomic E-state index is -0.102. The van der Waals surface area contributed by atoms with E-state index in [4.69, 9.17) is 18.6 Å². The second-order valence-electron chi connectivity index (χ2n) is 6.01. The fourth-order valence-corrected chi connectivity index (χ4v) is 3.29. The maximum Gasteiger partial charge on any atom is 0.258 e. The molecule has 1 aromatic carbocycles. The molecule has 0 saturated carbocycles. The SMILES string of the molecule is COc1cc(OC)c(C(=O)N2CCCC2c2ccc(C)o2)cc1OC. The van der Waals surface area contributed by atoms with E-state index in [9.17, 15) is 4.79 Å². The van der Waals surface area contributed by atoms with Gasteiger partial charge in [-0.2, -0.15) is 0 Å². The van der Waals surface area contributed by atoms with E-state index in [1.165, 1.54) is 7.11 Å². The molecule has 1 aliphatic heterocycles. The number of aryl methyl sites for hydroxylation is 1. The molecule has 1 aliphatic rings. The lowest BCUT2D eigenvalue weighted by atomic mass is 10.1. The van der Waals surface area contributed by atoms with Crippen LogP contribution >= 0.6 is 0 Å². The van der Waals surface area contributed by atoms with Gasteiger partial charge in [0.2, 0.25) is 0 Å². The molecular weight excluding hydrogens is 322 g/mol. The lowest BCUT2D eigenvalue weighted by molar-refractivity contribution is 0.0715. The van der Waals surface area contributed by atoms with Crippen LogP contribution in [0.1, 0.15) is 40.8 Å². The third-order valence-electron chi connectivity index (χ3n) is 4.54. The van der Waals surface area contributed by atoms with Crippen molar-refractivity contribution < 1.29 is 23.4 Å². The van der Waals surface area contributed by atoms with Gasteiger partial charge in [-0.05, 0) is 31.9 Å². The van der Waals surface area contributed by atoms with Gasteiger partial charge in [0.1, 0.15) is 17.3 Å². The number of carbonyl (C=O) groups excluding carboxylic acids is 1. The first-order chi connectivity index (χ1) is 12.1. The van der Waals surface area contributed by atoms with Gasteiger partial charge in [0, 0.05) is 18.7 Å². The van der Waals surface area contributed by atoms with Gasteiger partial charge in [0.25, 0.3) is 5.91 Å². The number of rotatable bonds is 5. The predicted octanol–water partition coefficient (Wildman–Crippen LogP) is 3.59. The van der Waals surface area contributed by atoms with E-state index in [0.29, 0.717) is 29.4 Å². The number of methoxy groups -OCH3 is 3. The topological polar surface area (TPSA) is 61.1 Å². The van der Waals surface area contributed by atoms with Crippen molar-refractivity contribution in [2.24, 2.45) is 0 Å². The van der Waals surface area contributed by atoms with E-state index >= 15 is 0 Å². The Morgan fingerprint density at radius 3 is 2.36 bits per heavy atom. The zero-order valence-electron chi connectivity index (χ0n) is 15.0. The van der Waals surface area contributed by atoms with Gasteiger partial charge in [-0.25, -0.2) is 0 Å². The Hall–Kier alpha value is -2.63. The fraction of sp³-hybridized carbons (Fsp3) is 0.421. The smallest absolute Gasteiger partial charge is 0.258 e. The third kappa shape index (κ3) is 3.16. The number of ether oxygens (including phenoxy) is 3. The molecule has 1 atom stereocenters. The maximum absolute atomic E-state index is 13.2. The van der Waals surface area contributed by atoms with Crippen LogP contribution in [0.3, 0.4) is 0 Å². The number of furan rings is 1. The molecule has 25 heavy (non-hydrogen) atoms. The van der Waals surface area contributed by atoms with Gasteiger partial charge >= 0.3 is 0 Å². The summed E-state index contributed by atoms with van der Waals surface area (Å²) in [5.41, 5.74) is 0.454. The van der Waals surface area contributed by atoms with E-state index in [0.717, 1.165) is 24.4 Å². The molecule has 0 N–H and O–H groups in total. The number of nitrogens with zero attached hydrogens (tertiary/aromatic N) is 1. The number of hydrogen-bond acceptors (Lipinski definition) is 5. The molecule has 6 heteroatoms. The summed E-state index contributed by atoms with van der Waals surface area (Å²) in [7, 11) is 4.63. The first-order valence-corrected chi connectivity index (χ1v) is 8.26. The van der Waals surface area contributed by atoms with Crippen LogP contribution in [0, 0.1) is 6.92 Å². The molecule has 0 spiro atoms. The highest BCUT2D eigenvalue weighted by Crippen LogP contribution is 2.39. The molecule has 3 rings (SSSR count). The summed E-state index contributed by atoms with van der Waals surface area (Å²) in [6, 6.07) is 7.15. The van der Waals surface area contributed by atoms with Gasteiger partial charge in [-0.3, -0.25) is 4.79 Å². The van der Waals surface area contributed by atoms with Crippen LogP contribution in [0.4, 0.5) is 0 Å². The van der Waals surface area contributed by atoms with Crippen molar-refractivity contribution in [1.82, 2.24) is 4.90 Å². The Morgan fingerprint density at radius 1 is 1.08 bits per heavy atom. The van der Waals surface area contributed by atoms with E-state index in [1.807, 2.05) is 24.0 Å². The van der Waals surface area contributed by atoms with Gasteiger partial charge in [0.05, 0.1) is 32.9 Å². The molecule has 1 amide bonds. The van der Waals surface area contributed by atoms with Gasteiger partial charge in [-0.15, -0.1) is 0 Å². The van der Waals surface area contributed by atoms with Crippen LogP contribution < -0.4 is 14.2 Å². The molecule has 1 saturated heterocycles. The zero-order valence-corrected chi connectivity index (χ0v) is 15.0. The van der Waals surface area contributed by atoms with Gasteiger partial charge < -0.3 is 23.5 Å². The first kappa shape index (κ1) is 17.2. The average Bonchev–Trinajstić information content (AvgIpc) is 3.28. The molecule has 1 aromatic heterocycles. The Kier molecular flexibility index (Phi) is 4.88. The average molecular weight is 345 g/mol. The standard InChI is InChI=1S/C19H23NO5/c1-12-7-8-15(25-12)14-6-5-9-20(14)19(21)13-10-17(23-3)18(24-4)11-16(13)22-2/h7-8,10-11,14H,5-6,9H2,1-4H3. The van der Waals surface area contributed by atoms with Crippen molar-refractivity contribution >= 4 is 5.91 Å². The predicted molar refractivity (Wildman–Crippen MR) is 92.6 cm³/mol. The highest BCUT2D eigenvalue weighted by Gasteiger charge is 2.34. The Bertz CT molecular complexity index is 767. The number of amides is 1. The summed E-state index contributed by atoms with van der Waals surface area (Å²) in [4.78, 5) is 15.0. The number of carbonyl (C=O) groups is 1. The van der Waals surface area contributed by atoms with E-state index in [1.54, 1.807) is 26.4 Å². The van der Waals surface area contributed by atoms with E-state index in [-0.39, 0.29) is 11.9 Å². The van der Waals surface area contributed by atoms with E-state index in [2.05, 4.69) is 0 Å². The largest absolute Gasteiger partial charge is 0.496 e. The highest BCUT2D eigenvalue weighted by molar-refractivity contribution is 5.98. The van der Waals surface area contributed by atoms with Crippen molar-refractivity contribution in [3.05, 3.63) is 41.3 Å². The maximum atomic E-state index is 13.2. The highest BCUT2D eigenvalue weighted by atomic mass is 16.5. The second-order valence-corrected chi connectivity index (χ2v) is 6.01. The zero-order chi connectivity index (χ0) is 18.0. The van der Waals surface area contributed by atoms with Crippen LogP contribution in [0.25, 0.3) is 0 Å². The molecule has 0 aliphatic carbocycles. The molecule has 2 heterocycles. The molecule has 0 bridgehead atoms. The Labute approximate surface area is 147 Å². The Morgan fingerprint density at radius 2 is 1.76 bits per heavy atom. The van der Waals surface area contributed by atoms with Crippen LogP contribution in [0.2, 0.25) is 0 Å². The molecular formula is C19H23NO5. The van der Waals surface area contributed by atoms with E-state index < -0.39 is 0 Å². The monoisotopic (exact) mass is 345 g/mol. The van der Waals surface area contributed by atoms with Crippen molar-refractivity contribution in [3.63, 3.8) is 0 Å². The van der Waals surface area contributed by atoms with Gasteiger partial charge in [-0.1, -0.05) is 0 Å². The van der Waals surface area contributed by atoms with Gasteiger partial charge in [0.15, 0.2) is 11.5 Å². The second kappa shape index (κ2) is 7.09. The normalized spacial score (nSPS) is 16.8. The summed E-state index contributed by atoms with van der Waals surface area (Å²) in [5, 5.41) is 0. The lowest BCUT2D eigenvalue weighted by Crippen LogP contribution is -2.30. The fourth-order valence-electron chi connectivity index (χ4n) is 3.29. The first-order valence-electron chi connectivity index (χ1n) is 8.26. The quantitative estimate of drug-likeness (QED) is 0.829. The number of likely N-dealkylation sites (tertiary alicyclic amines) is 1. The van der Waals surface area contributed by atoms with Crippen molar-refractivity contribution in [2.75, 3.05) is 27.9 Å². The Balaban J connectivity index is 1.96. The molecule has 1 unspecified atom stereocenters. The number of benzene rings is 1. The molecule has 134 valence electrons. The summed E-state index contributed by atoms with van der Waals surface area (Å²) in [6.07, 6.45) is 1.82. The van der Waals surface area contributed by atoms with Crippen molar-refractivity contribution in [2.45, 2.75) is 25.8 Å². The number of hydrogen-bond donors (Lipinski definition) is 0. The molecule has 2 aromatic rings. The van der Waals surface area contributed by atoms with Crippen molar-refractivity contribution in [3.8, 4) is 17.2 Å². The summed E-state index contributed by atoms with van der Waals surface area (Å²) < 4.78 is 21.8. The third-order valence-corrected chi connectivity index (χ3v) is 4.54. The lowest BCUT2D eigenvalue weighted by Gasteiger charge is -2.24. The van der Waals surface area contributed by atoms with Crippen LogP contribution in [0.15, 0.2) is 28.7 Å². The summed E-state index contributed by atoms with van der Waals surface area (Å²) in [5.74, 6) is 3.05.